The third-order valence-corrected chi connectivity index (χ3v) is 2.89. The van der Waals surface area contributed by atoms with Gasteiger partial charge in [0.2, 0.25) is 5.91 Å². The summed E-state index contributed by atoms with van der Waals surface area (Å²) in [5.41, 5.74) is 5.40. The molecule has 0 heterocycles. The lowest BCUT2D eigenvalue weighted by molar-refractivity contribution is -0.149. The Balaban J connectivity index is 2.84. The fourth-order valence-corrected chi connectivity index (χ4v) is 1.78. The van der Waals surface area contributed by atoms with E-state index in [1.54, 1.807) is 13.8 Å². The van der Waals surface area contributed by atoms with Gasteiger partial charge in [-0.05, 0) is 19.4 Å². The molecule has 0 saturated carbocycles. The van der Waals surface area contributed by atoms with Crippen molar-refractivity contribution in [3.8, 4) is 0 Å². The molecular weight excluding hydrogens is 244 g/mol. The van der Waals surface area contributed by atoms with Gasteiger partial charge in [-0.15, -0.1) is 0 Å². The summed E-state index contributed by atoms with van der Waals surface area (Å²) in [6.45, 7) is 3.36. The van der Waals surface area contributed by atoms with Crippen molar-refractivity contribution in [3.05, 3.63) is 35.9 Å². The number of benzene rings is 1. The highest BCUT2D eigenvalue weighted by Crippen LogP contribution is 2.16. The number of rotatable bonds is 5. The fraction of sp³-hybridized carbons (Fsp3) is 0.429. The highest BCUT2D eigenvalue weighted by atomic mass is 16.5. The van der Waals surface area contributed by atoms with Crippen molar-refractivity contribution in [2.45, 2.75) is 25.3 Å². The Kier molecular flexibility index (Phi) is 5.06. The van der Waals surface area contributed by atoms with Crippen LogP contribution in [-0.2, 0) is 14.3 Å². The largest absolute Gasteiger partial charge is 0.467 e. The molecule has 1 atom stereocenters. The van der Waals surface area contributed by atoms with E-state index in [9.17, 15) is 9.59 Å². The number of hydrogen-bond donors (Lipinski definition) is 2. The maximum absolute atomic E-state index is 12.2. The van der Waals surface area contributed by atoms with Gasteiger partial charge in [-0.1, -0.05) is 30.3 Å². The van der Waals surface area contributed by atoms with Crippen molar-refractivity contribution < 1.29 is 14.3 Å². The molecule has 0 spiro atoms. The second kappa shape index (κ2) is 6.33. The van der Waals surface area contributed by atoms with Gasteiger partial charge in [0.25, 0.3) is 0 Å². The molecule has 19 heavy (non-hydrogen) atoms. The molecule has 1 amide bonds. The van der Waals surface area contributed by atoms with Crippen LogP contribution in [0, 0.1) is 0 Å². The number of esters is 1. The topological polar surface area (TPSA) is 81.4 Å². The number of nitrogens with two attached hydrogens (primary N) is 1. The first-order chi connectivity index (χ1) is 8.92. The van der Waals surface area contributed by atoms with E-state index in [2.05, 4.69) is 10.1 Å². The van der Waals surface area contributed by atoms with Crippen LogP contribution in [0.2, 0.25) is 0 Å². The Labute approximate surface area is 113 Å². The van der Waals surface area contributed by atoms with Crippen molar-refractivity contribution in [1.29, 1.82) is 0 Å². The SMILES string of the molecule is COC(=O)C(C)(C)NC(=O)C(CN)c1ccccc1. The number of carbonyl (C=O) groups is 2. The highest BCUT2D eigenvalue weighted by Gasteiger charge is 2.33. The van der Waals surface area contributed by atoms with Crippen LogP contribution in [-0.4, -0.2) is 31.1 Å². The van der Waals surface area contributed by atoms with Gasteiger partial charge in [0.05, 0.1) is 13.0 Å². The van der Waals surface area contributed by atoms with Crippen LogP contribution in [0.15, 0.2) is 30.3 Å². The molecule has 1 rings (SSSR count). The first-order valence-electron chi connectivity index (χ1n) is 6.08. The third kappa shape index (κ3) is 3.79. The van der Waals surface area contributed by atoms with E-state index < -0.39 is 17.4 Å². The molecule has 104 valence electrons. The van der Waals surface area contributed by atoms with Gasteiger partial charge >= 0.3 is 5.97 Å². The molecule has 1 unspecified atom stereocenters. The van der Waals surface area contributed by atoms with E-state index in [4.69, 9.17) is 5.73 Å². The number of hydrogen-bond acceptors (Lipinski definition) is 4. The van der Waals surface area contributed by atoms with Crippen molar-refractivity contribution >= 4 is 11.9 Å². The van der Waals surface area contributed by atoms with Crippen LogP contribution in [0.1, 0.15) is 25.3 Å². The smallest absolute Gasteiger partial charge is 0.330 e. The zero-order valence-electron chi connectivity index (χ0n) is 11.5. The molecule has 5 heteroatoms. The molecule has 3 N–H and O–H groups in total. The zero-order valence-corrected chi connectivity index (χ0v) is 11.5. The van der Waals surface area contributed by atoms with Gasteiger partial charge in [0, 0.05) is 6.54 Å². The second-order valence-corrected chi connectivity index (χ2v) is 4.80. The minimum absolute atomic E-state index is 0.174. The molecule has 0 radical (unpaired) electrons. The monoisotopic (exact) mass is 264 g/mol. The molecule has 0 fully saturated rings. The lowest BCUT2D eigenvalue weighted by Gasteiger charge is -2.26. The van der Waals surface area contributed by atoms with E-state index in [0.717, 1.165) is 5.56 Å². The van der Waals surface area contributed by atoms with E-state index in [-0.39, 0.29) is 12.5 Å². The van der Waals surface area contributed by atoms with Gasteiger partial charge in [-0.25, -0.2) is 4.79 Å². The van der Waals surface area contributed by atoms with Gasteiger partial charge < -0.3 is 15.8 Å². The minimum Gasteiger partial charge on any atom is -0.467 e. The Bertz CT molecular complexity index is 443. The van der Waals surface area contributed by atoms with Crippen molar-refractivity contribution in [3.63, 3.8) is 0 Å². The standard InChI is InChI=1S/C14H20N2O3/c1-14(2,13(18)19-3)16-12(17)11(9-15)10-7-5-4-6-8-10/h4-8,11H,9,15H2,1-3H3,(H,16,17). The minimum atomic E-state index is -1.08. The van der Waals surface area contributed by atoms with Gasteiger partial charge in [0.1, 0.15) is 5.54 Å². The van der Waals surface area contributed by atoms with Crippen LogP contribution >= 0.6 is 0 Å². The van der Waals surface area contributed by atoms with E-state index in [1.165, 1.54) is 7.11 Å². The summed E-state index contributed by atoms with van der Waals surface area (Å²) in [6.07, 6.45) is 0. The van der Waals surface area contributed by atoms with Crippen LogP contribution in [0.4, 0.5) is 0 Å². The van der Waals surface area contributed by atoms with Crippen molar-refractivity contribution in [1.82, 2.24) is 5.32 Å². The molecule has 1 aromatic carbocycles. The molecule has 0 aliphatic carbocycles. The number of amides is 1. The first-order valence-corrected chi connectivity index (χ1v) is 6.08. The van der Waals surface area contributed by atoms with Gasteiger partial charge in [-0.2, -0.15) is 0 Å². The quantitative estimate of drug-likeness (QED) is 0.771. The first kappa shape index (κ1) is 15.2. The maximum Gasteiger partial charge on any atom is 0.330 e. The summed E-state index contributed by atoms with van der Waals surface area (Å²) >= 11 is 0. The molecule has 0 saturated heterocycles. The number of ether oxygens (including phenoxy) is 1. The van der Waals surface area contributed by atoms with Crippen LogP contribution in [0.25, 0.3) is 0 Å². The summed E-state index contributed by atoms with van der Waals surface area (Å²) in [6, 6.07) is 9.23. The van der Waals surface area contributed by atoms with Gasteiger partial charge in [-0.3, -0.25) is 4.79 Å². The third-order valence-electron chi connectivity index (χ3n) is 2.89. The Morgan fingerprint density at radius 3 is 2.37 bits per heavy atom. The maximum atomic E-state index is 12.2. The number of carbonyl (C=O) groups excluding carboxylic acids is 2. The average molecular weight is 264 g/mol. The number of methoxy groups -OCH3 is 1. The summed E-state index contributed by atoms with van der Waals surface area (Å²) in [7, 11) is 1.29. The molecule has 0 aromatic heterocycles. The van der Waals surface area contributed by atoms with Crippen LogP contribution in [0.5, 0.6) is 0 Å². The second-order valence-electron chi connectivity index (χ2n) is 4.80. The highest BCUT2D eigenvalue weighted by molar-refractivity contribution is 5.90. The van der Waals surface area contributed by atoms with Crippen molar-refractivity contribution in [2.75, 3.05) is 13.7 Å². The lowest BCUT2D eigenvalue weighted by Crippen LogP contribution is -2.52. The predicted octanol–water partition coefficient (Wildman–Crippen LogP) is 0.797. The summed E-state index contributed by atoms with van der Waals surface area (Å²) < 4.78 is 4.65. The average Bonchev–Trinajstić information content (AvgIpc) is 2.39. The molecular formula is C14H20N2O3. The molecule has 0 aliphatic rings. The lowest BCUT2D eigenvalue weighted by atomic mass is 9.96. The number of nitrogens with one attached hydrogen (secondary N) is 1. The summed E-state index contributed by atoms with van der Waals surface area (Å²) in [4.78, 5) is 23.8. The van der Waals surface area contributed by atoms with Crippen LogP contribution < -0.4 is 11.1 Å². The van der Waals surface area contributed by atoms with Crippen LogP contribution in [0.3, 0.4) is 0 Å². The molecule has 0 bridgehead atoms. The summed E-state index contributed by atoms with van der Waals surface area (Å²) in [5, 5.41) is 2.66. The Hall–Kier alpha value is -1.88. The molecule has 5 nitrogen and oxygen atoms in total. The Morgan fingerprint density at radius 2 is 1.89 bits per heavy atom. The fourth-order valence-electron chi connectivity index (χ4n) is 1.78. The van der Waals surface area contributed by atoms with Crippen molar-refractivity contribution in [2.24, 2.45) is 5.73 Å². The Morgan fingerprint density at radius 1 is 1.32 bits per heavy atom. The van der Waals surface area contributed by atoms with E-state index in [1.807, 2.05) is 30.3 Å². The van der Waals surface area contributed by atoms with Gasteiger partial charge in [0.15, 0.2) is 0 Å². The molecule has 1 aromatic rings. The normalized spacial score (nSPS) is 12.6. The predicted molar refractivity (Wildman–Crippen MR) is 72.5 cm³/mol. The molecule has 0 aliphatic heterocycles. The summed E-state index contributed by atoms with van der Waals surface area (Å²) in [5.74, 6) is -1.26. The van der Waals surface area contributed by atoms with E-state index >= 15 is 0 Å². The van der Waals surface area contributed by atoms with E-state index in [0.29, 0.717) is 0 Å². The zero-order chi connectivity index (χ0) is 14.5.